The molecule has 6 heteroatoms. The molecule has 0 heterocycles. The number of ether oxygens (including phenoxy) is 1. The number of hydrogen-bond acceptors (Lipinski definition) is 3. The highest BCUT2D eigenvalue weighted by Gasteiger charge is 2.18. The molecular formula is C12H16F2N2O2. The van der Waals surface area contributed by atoms with E-state index in [2.05, 4.69) is 5.32 Å². The van der Waals surface area contributed by atoms with Crippen LogP contribution in [0.2, 0.25) is 0 Å². The van der Waals surface area contributed by atoms with Gasteiger partial charge in [0, 0.05) is 13.1 Å². The maximum atomic E-state index is 13.6. The third-order valence-corrected chi connectivity index (χ3v) is 2.31. The number of aryl methyl sites for hydroxylation is 1. The summed E-state index contributed by atoms with van der Waals surface area (Å²) in [7, 11) is 0. The third kappa shape index (κ3) is 3.75. The molecule has 0 spiro atoms. The predicted molar refractivity (Wildman–Crippen MR) is 63.3 cm³/mol. The number of halogens is 2. The molecule has 1 aromatic rings. The van der Waals surface area contributed by atoms with E-state index in [0.717, 1.165) is 6.07 Å². The zero-order chi connectivity index (χ0) is 13.5. The normalized spacial score (nSPS) is 10.4. The molecule has 0 unspecified atom stereocenters. The van der Waals surface area contributed by atoms with Gasteiger partial charge in [-0.1, -0.05) is 6.07 Å². The maximum Gasteiger partial charge on any atom is 0.257 e. The van der Waals surface area contributed by atoms with Crippen molar-refractivity contribution in [3.05, 3.63) is 34.9 Å². The molecule has 0 bridgehead atoms. The van der Waals surface area contributed by atoms with Gasteiger partial charge in [0.1, 0.15) is 17.2 Å². The van der Waals surface area contributed by atoms with E-state index in [9.17, 15) is 13.6 Å². The van der Waals surface area contributed by atoms with Crippen molar-refractivity contribution in [1.29, 1.82) is 0 Å². The number of rotatable bonds is 6. The summed E-state index contributed by atoms with van der Waals surface area (Å²) >= 11 is 0. The van der Waals surface area contributed by atoms with E-state index < -0.39 is 23.1 Å². The Balaban J connectivity index is 2.59. The van der Waals surface area contributed by atoms with Gasteiger partial charge in [0.15, 0.2) is 0 Å². The topological polar surface area (TPSA) is 64.3 Å². The van der Waals surface area contributed by atoms with Crippen molar-refractivity contribution in [2.75, 3.05) is 26.3 Å². The second kappa shape index (κ2) is 7.03. The van der Waals surface area contributed by atoms with E-state index in [0.29, 0.717) is 13.2 Å². The van der Waals surface area contributed by atoms with Crippen molar-refractivity contribution < 1.29 is 18.3 Å². The first kappa shape index (κ1) is 14.5. The summed E-state index contributed by atoms with van der Waals surface area (Å²) in [5, 5.41) is 2.38. The van der Waals surface area contributed by atoms with Gasteiger partial charge < -0.3 is 15.8 Å². The molecule has 0 aliphatic heterocycles. The van der Waals surface area contributed by atoms with Crippen LogP contribution < -0.4 is 11.1 Å². The molecule has 0 radical (unpaired) electrons. The van der Waals surface area contributed by atoms with Crippen molar-refractivity contribution in [3.63, 3.8) is 0 Å². The van der Waals surface area contributed by atoms with Crippen molar-refractivity contribution >= 4 is 5.91 Å². The van der Waals surface area contributed by atoms with Crippen LogP contribution >= 0.6 is 0 Å². The minimum absolute atomic E-state index is 0.172. The average Bonchev–Trinajstić information content (AvgIpc) is 2.34. The van der Waals surface area contributed by atoms with Crippen LogP contribution in [0.4, 0.5) is 8.78 Å². The molecule has 0 saturated heterocycles. The lowest BCUT2D eigenvalue weighted by Crippen LogP contribution is -2.29. The number of nitrogens with two attached hydrogens (primary N) is 1. The molecule has 0 atom stereocenters. The summed E-state index contributed by atoms with van der Waals surface area (Å²) in [6.45, 7) is 2.65. The van der Waals surface area contributed by atoms with E-state index in [1.54, 1.807) is 0 Å². The van der Waals surface area contributed by atoms with E-state index in [1.807, 2.05) is 0 Å². The monoisotopic (exact) mass is 258 g/mol. The van der Waals surface area contributed by atoms with Crippen LogP contribution in [0.5, 0.6) is 0 Å². The van der Waals surface area contributed by atoms with Gasteiger partial charge >= 0.3 is 0 Å². The van der Waals surface area contributed by atoms with Gasteiger partial charge in [0.25, 0.3) is 5.91 Å². The Hall–Kier alpha value is -1.53. The van der Waals surface area contributed by atoms with Crippen LogP contribution in [0.3, 0.4) is 0 Å². The number of carbonyl (C=O) groups excluding carboxylic acids is 1. The van der Waals surface area contributed by atoms with Crippen LogP contribution in [-0.4, -0.2) is 32.2 Å². The number of benzene rings is 1. The Kier molecular flexibility index (Phi) is 5.67. The summed E-state index contributed by atoms with van der Waals surface area (Å²) < 4.78 is 32.0. The average molecular weight is 258 g/mol. The van der Waals surface area contributed by atoms with Crippen LogP contribution in [0.25, 0.3) is 0 Å². The van der Waals surface area contributed by atoms with Crippen molar-refractivity contribution in [2.45, 2.75) is 6.92 Å². The van der Waals surface area contributed by atoms with Crippen molar-refractivity contribution in [2.24, 2.45) is 5.73 Å². The molecule has 0 fully saturated rings. The second-order valence-corrected chi connectivity index (χ2v) is 3.71. The molecular weight excluding hydrogens is 242 g/mol. The summed E-state index contributed by atoms with van der Waals surface area (Å²) in [5.74, 6) is -2.50. The lowest BCUT2D eigenvalue weighted by atomic mass is 10.1. The summed E-state index contributed by atoms with van der Waals surface area (Å²) in [5.41, 5.74) is 4.87. The first-order chi connectivity index (χ1) is 8.57. The molecule has 0 aromatic heterocycles. The van der Waals surface area contributed by atoms with Crippen molar-refractivity contribution in [3.8, 4) is 0 Å². The highest BCUT2D eigenvalue weighted by Crippen LogP contribution is 2.15. The summed E-state index contributed by atoms with van der Waals surface area (Å²) in [6, 6.07) is 2.35. The summed E-state index contributed by atoms with van der Waals surface area (Å²) in [6.07, 6.45) is 0. The zero-order valence-electron chi connectivity index (χ0n) is 10.1. The van der Waals surface area contributed by atoms with Crippen LogP contribution in [0, 0.1) is 18.6 Å². The number of carbonyl (C=O) groups is 1. The molecule has 0 aliphatic rings. The molecule has 0 aliphatic carbocycles. The van der Waals surface area contributed by atoms with Crippen LogP contribution in [0.15, 0.2) is 12.1 Å². The largest absolute Gasteiger partial charge is 0.378 e. The third-order valence-electron chi connectivity index (χ3n) is 2.31. The Morgan fingerprint density at radius 2 is 2.11 bits per heavy atom. The number of amides is 1. The van der Waals surface area contributed by atoms with E-state index in [1.165, 1.54) is 13.0 Å². The maximum absolute atomic E-state index is 13.6. The number of nitrogens with one attached hydrogen (secondary N) is 1. The van der Waals surface area contributed by atoms with Crippen LogP contribution in [-0.2, 0) is 4.74 Å². The first-order valence-corrected chi connectivity index (χ1v) is 5.58. The van der Waals surface area contributed by atoms with Gasteiger partial charge in [-0.2, -0.15) is 0 Å². The smallest absolute Gasteiger partial charge is 0.257 e. The highest BCUT2D eigenvalue weighted by molar-refractivity contribution is 5.94. The zero-order valence-corrected chi connectivity index (χ0v) is 10.1. The lowest BCUT2D eigenvalue weighted by Gasteiger charge is -2.08. The second-order valence-electron chi connectivity index (χ2n) is 3.71. The molecule has 100 valence electrons. The van der Waals surface area contributed by atoms with Crippen LogP contribution in [0.1, 0.15) is 15.9 Å². The Bertz CT molecular complexity index is 425. The van der Waals surface area contributed by atoms with Gasteiger partial charge in [-0.3, -0.25) is 4.79 Å². The summed E-state index contributed by atoms with van der Waals surface area (Å²) in [4.78, 5) is 11.6. The van der Waals surface area contributed by atoms with Gasteiger partial charge in [-0.15, -0.1) is 0 Å². The molecule has 1 aromatic carbocycles. The molecule has 3 N–H and O–H groups in total. The van der Waals surface area contributed by atoms with Gasteiger partial charge in [0.05, 0.1) is 13.2 Å². The van der Waals surface area contributed by atoms with Gasteiger partial charge in [0.2, 0.25) is 0 Å². The number of hydrogen-bond donors (Lipinski definition) is 2. The van der Waals surface area contributed by atoms with Crippen molar-refractivity contribution in [1.82, 2.24) is 5.32 Å². The molecule has 18 heavy (non-hydrogen) atoms. The highest BCUT2D eigenvalue weighted by atomic mass is 19.1. The Morgan fingerprint density at radius 3 is 2.78 bits per heavy atom. The Morgan fingerprint density at radius 1 is 1.39 bits per heavy atom. The Labute approximate surface area is 104 Å². The fraction of sp³-hybridized carbons (Fsp3) is 0.417. The fourth-order valence-corrected chi connectivity index (χ4v) is 1.38. The van der Waals surface area contributed by atoms with E-state index >= 15 is 0 Å². The van der Waals surface area contributed by atoms with E-state index in [-0.39, 0.29) is 18.7 Å². The molecule has 0 saturated carbocycles. The standard InChI is InChI=1S/C12H16F2N2O2/c1-8-2-3-9(13)10(11(8)14)12(17)16-5-7-18-6-4-15/h2-3H,4-7,15H2,1H3,(H,16,17). The quantitative estimate of drug-likeness (QED) is 0.747. The predicted octanol–water partition coefficient (Wildman–Crippen LogP) is 0.978. The SMILES string of the molecule is Cc1ccc(F)c(C(=O)NCCOCCN)c1F. The first-order valence-electron chi connectivity index (χ1n) is 5.58. The molecule has 1 amide bonds. The van der Waals surface area contributed by atoms with E-state index in [4.69, 9.17) is 10.5 Å². The lowest BCUT2D eigenvalue weighted by molar-refractivity contribution is 0.0911. The van der Waals surface area contributed by atoms with Gasteiger partial charge in [-0.05, 0) is 18.6 Å². The van der Waals surface area contributed by atoms with Gasteiger partial charge in [-0.25, -0.2) is 8.78 Å². The minimum atomic E-state index is -0.876. The molecule has 4 nitrogen and oxygen atoms in total. The minimum Gasteiger partial charge on any atom is -0.378 e. The molecule has 1 rings (SSSR count). The fourth-order valence-electron chi connectivity index (χ4n) is 1.38.